The van der Waals surface area contributed by atoms with Crippen molar-refractivity contribution >= 4 is 12.1 Å². The SMILES string of the molecule is CN=C(NCC(C)Oc1ccc(F)cc1)NC1CCC(NC(=O)OC(C)(C)C)CC1. The molecule has 1 amide bonds. The molecule has 1 atom stereocenters. The first-order chi connectivity index (χ1) is 14.1. The number of guanidine groups is 1. The molecule has 3 N–H and O–H groups in total. The van der Waals surface area contributed by atoms with E-state index in [1.165, 1.54) is 12.1 Å². The van der Waals surface area contributed by atoms with E-state index < -0.39 is 5.60 Å². The Morgan fingerprint density at radius 3 is 2.23 bits per heavy atom. The van der Waals surface area contributed by atoms with Crippen LogP contribution in [0.4, 0.5) is 9.18 Å². The first-order valence-corrected chi connectivity index (χ1v) is 10.5. The third-order valence-electron chi connectivity index (χ3n) is 4.72. The smallest absolute Gasteiger partial charge is 0.407 e. The highest BCUT2D eigenvalue weighted by Crippen LogP contribution is 2.19. The highest BCUT2D eigenvalue weighted by molar-refractivity contribution is 5.80. The molecule has 0 spiro atoms. The molecule has 30 heavy (non-hydrogen) atoms. The van der Waals surface area contributed by atoms with Crippen LogP contribution in [0, 0.1) is 5.82 Å². The van der Waals surface area contributed by atoms with Crippen molar-refractivity contribution in [3.63, 3.8) is 0 Å². The van der Waals surface area contributed by atoms with Gasteiger partial charge in [0.1, 0.15) is 23.3 Å². The van der Waals surface area contributed by atoms with Crippen molar-refractivity contribution in [3.8, 4) is 5.75 Å². The molecule has 1 aromatic rings. The lowest BCUT2D eigenvalue weighted by Crippen LogP contribution is -2.49. The molecule has 0 bridgehead atoms. The molecule has 0 radical (unpaired) electrons. The van der Waals surface area contributed by atoms with Gasteiger partial charge in [-0.1, -0.05) is 0 Å². The number of carbonyl (C=O) groups excluding carboxylic acids is 1. The van der Waals surface area contributed by atoms with Gasteiger partial charge in [0.15, 0.2) is 5.96 Å². The number of carbonyl (C=O) groups is 1. The van der Waals surface area contributed by atoms with Gasteiger partial charge in [0.25, 0.3) is 0 Å². The first kappa shape index (κ1) is 23.8. The van der Waals surface area contributed by atoms with Crippen molar-refractivity contribution in [3.05, 3.63) is 30.1 Å². The maximum absolute atomic E-state index is 13.0. The van der Waals surface area contributed by atoms with Gasteiger partial charge in [0.05, 0.1) is 6.54 Å². The molecule has 0 aliphatic heterocycles. The van der Waals surface area contributed by atoms with E-state index >= 15 is 0 Å². The Bertz CT molecular complexity index is 695. The first-order valence-electron chi connectivity index (χ1n) is 10.5. The van der Waals surface area contributed by atoms with E-state index in [9.17, 15) is 9.18 Å². The molecule has 2 rings (SSSR count). The minimum atomic E-state index is -0.488. The third kappa shape index (κ3) is 8.88. The predicted molar refractivity (Wildman–Crippen MR) is 116 cm³/mol. The minimum Gasteiger partial charge on any atom is -0.489 e. The minimum absolute atomic E-state index is 0.109. The molecule has 168 valence electrons. The van der Waals surface area contributed by atoms with E-state index in [1.54, 1.807) is 19.2 Å². The number of nitrogens with one attached hydrogen (secondary N) is 3. The van der Waals surface area contributed by atoms with E-state index in [0.29, 0.717) is 24.3 Å². The standard InChI is InChI=1S/C22H35FN4O3/c1-15(29-19-12-6-16(23)7-13-19)14-25-20(24-5)26-17-8-10-18(11-9-17)27-21(28)30-22(2,3)4/h6-7,12-13,15,17-18H,8-11,14H2,1-5H3,(H,27,28)(H2,24,25,26). The Morgan fingerprint density at radius 2 is 1.70 bits per heavy atom. The van der Waals surface area contributed by atoms with Crippen LogP contribution in [-0.4, -0.2) is 49.4 Å². The van der Waals surface area contributed by atoms with Crippen LogP contribution in [0.3, 0.4) is 0 Å². The zero-order chi connectivity index (χ0) is 22.1. The van der Waals surface area contributed by atoms with Gasteiger partial charge in [-0.3, -0.25) is 4.99 Å². The third-order valence-corrected chi connectivity index (χ3v) is 4.72. The number of rotatable bonds is 6. The van der Waals surface area contributed by atoms with Gasteiger partial charge in [-0.15, -0.1) is 0 Å². The van der Waals surface area contributed by atoms with Crippen molar-refractivity contribution < 1.29 is 18.7 Å². The highest BCUT2D eigenvalue weighted by atomic mass is 19.1. The summed E-state index contributed by atoms with van der Waals surface area (Å²) in [6, 6.07) is 6.41. The fraction of sp³-hybridized carbons (Fsp3) is 0.636. The van der Waals surface area contributed by atoms with Gasteiger partial charge >= 0.3 is 6.09 Å². The molecule has 7 nitrogen and oxygen atoms in total. The Labute approximate surface area is 178 Å². The molecule has 1 aliphatic carbocycles. The van der Waals surface area contributed by atoms with E-state index in [0.717, 1.165) is 25.7 Å². The van der Waals surface area contributed by atoms with Gasteiger partial charge in [-0.2, -0.15) is 0 Å². The Kier molecular flexibility index (Phi) is 8.74. The summed E-state index contributed by atoms with van der Waals surface area (Å²) < 4.78 is 24.1. The molecular formula is C22H35FN4O3. The summed E-state index contributed by atoms with van der Waals surface area (Å²) in [5.41, 5.74) is -0.488. The number of ether oxygens (including phenoxy) is 2. The fourth-order valence-corrected chi connectivity index (χ4v) is 3.27. The topological polar surface area (TPSA) is 84.0 Å². The lowest BCUT2D eigenvalue weighted by atomic mass is 9.91. The van der Waals surface area contributed by atoms with Crippen LogP contribution in [0.15, 0.2) is 29.3 Å². The van der Waals surface area contributed by atoms with Crippen molar-refractivity contribution in [1.29, 1.82) is 0 Å². The molecule has 0 heterocycles. The van der Waals surface area contributed by atoms with Crippen LogP contribution in [-0.2, 0) is 4.74 Å². The Hall–Kier alpha value is -2.51. The molecule has 1 aliphatic rings. The van der Waals surface area contributed by atoms with Crippen molar-refractivity contribution in [1.82, 2.24) is 16.0 Å². The number of hydrogen-bond donors (Lipinski definition) is 3. The second kappa shape index (κ2) is 11.0. The highest BCUT2D eigenvalue weighted by Gasteiger charge is 2.25. The number of amides is 1. The van der Waals surface area contributed by atoms with Gasteiger partial charge in [0.2, 0.25) is 0 Å². The summed E-state index contributed by atoms with van der Waals surface area (Å²) in [5.74, 6) is 1.06. The average Bonchev–Trinajstić information content (AvgIpc) is 2.66. The Balaban J connectivity index is 1.69. The second-order valence-electron chi connectivity index (χ2n) is 8.67. The van der Waals surface area contributed by atoms with Gasteiger partial charge < -0.3 is 25.4 Å². The van der Waals surface area contributed by atoms with Gasteiger partial charge in [0, 0.05) is 19.1 Å². The zero-order valence-electron chi connectivity index (χ0n) is 18.6. The number of hydrogen-bond acceptors (Lipinski definition) is 4. The largest absolute Gasteiger partial charge is 0.489 e. The molecule has 1 fully saturated rings. The summed E-state index contributed by atoms with van der Waals surface area (Å²) in [4.78, 5) is 16.2. The average molecular weight is 423 g/mol. The van der Waals surface area contributed by atoms with Crippen LogP contribution in [0.2, 0.25) is 0 Å². The van der Waals surface area contributed by atoms with Crippen LogP contribution in [0.5, 0.6) is 5.75 Å². The molecule has 0 saturated heterocycles. The van der Waals surface area contributed by atoms with Gasteiger partial charge in [-0.25, -0.2) is 9.18 Å². The molecule has 8 heteroatoms. The van der Waals surface area contributed by atoms with E-state index in [2.05, 4.69) is 20.9 Å². The van der Waals surface area contributed by atoms with Crippen molar-refractivity contribution in [2.75, 3.05) is 13.6 Å². The van der Waals surface area contributed by atoms with Crippen molar-refractivity contribution in [2.45, 2.75) is 77.2 Å². The number of benzene rings is 1. The molecule has 1 saturated carbocycles. The van der Waals surface area contributed by atoms with Crippen molar-refractivity contribution in [2.24, 2.45) is 4.99 Å². The molecule has 1 aromatic carbocycles. The number of nitrogens with zero attached hydrogens (tertiary/aromatic N) is 1. The second-order valence-corrected chi connectivity index (χ2v) is 8.67. The van der Waals surface area contributed by atoms with E-state index in [1.807, 2.05) is 27.7 Å². The Morgan fingerprint density at radius 1 is 1.13 bits per heavy atom. The normalized spacial score (nSPS) is 20.8. The zero-order valence-corrected chi connectivity index (χ0v) is 18.6. The summed E-state index contributed by atoms with van der Waals surface area (Å²) in [6.45, 7) is 8.08. The number of aliphatic imine (C=N–C) groups is 1. The van der Waals surface area contributed by atoms with E-state index in [4.69, 9.17) is 9.47 Å². The quantitative estimate of drug-likeness (QED) is 0.482. The lowest BCUT2D eigenvalue weighted by Gasteiger charge is -2.31. The summed E-state index contributed by atoms with van der Waals surface area (Å²) in [7, 11) is 1.73. The van der Waals surface area contributed by atoms with Crippen LogP contribution in [0.25, 0.3) is 0 Å². The summed E-state index contributed by atoms with van der Waals surface area (Å²) in [6.07, 6.45) is 3.18. The summed E-state index contributed by atoms with van der Waals surface area (Å²) >= 11 is 0. The van der Waals surface area contributed by atoms with Crippen LogP contribution < -0.4 is 20.7 Å². The maximum Gasteiger partial charge on any atom is 0.407 e. The predicted octanol–water partition coefficient (Wildman–Crippen LogP) is 3.59. The monoisotopic (exact) mass is 422 g/mol. The summed E-state index contributed by atoms with van der Waals surface area (Å²) in [5, 5.41) is 9.66. The van der Waals surface area contributed by atoms with Gasteiger partial charge in [-0.05, 0) is 77.6 Å². The van der Waals surface area contributed by atoms with Crippen LogP contribution in [0.1, 0.15) is 53.4 Å². The maximum atomic E-state index is 13.0. The molecule has 0 aromatic heterocycles. The molecular weight excluding hydrogens is 387 g/mol. The number of halogens is 1. The fourth-order valence-electron chi connectivity index (χ4n) is 3.27. The molecule has 1 unspecified atom stereocenters. The lowest BCUT2D eigenvalue weighted by molar-refractivity contribution is 0.0490. The van der Waals surface area contributed by atoms with Crippen LogP contribution >= 0.6 is 0 Å². The number of alkyl carbamates (subject to hydrolysis) is 1. The van der Waals surface area contributed by atoms with E-state index in [-0.39, 0.29) is 24.1 Å².